The highest BCUT2D eigenvalue weighted by Crippen LogP contribution is 2.25. The summed E-state index contributed by atoms with van der Waals surface area (Å²) in [6, 6.07) is 12.5. The van der Waals surface area contributed by atoms with Gasteiger partial charge in [0.2, 0.25) is 16.6 Å². The molecule has 1 atom stereocenters. The molecule has 0 bridgehead atoms. The largest absolute Gasteiger partial charge is 0.264 e. The van der Waals surface area contributed by atoms with Gasteiger partial charge in [-0.25, -0.2) is 8.42 Å². The average Bonchev–Trinajstić information content (AvgIpc) is 2.46. The molecule has 128 valence electrons. The van der Waals surface area contributed by atoms with E-state index in [4.69, 9.17) is 11.6 Å². The normalized spacial score (nSPS) is 14.1. The maximum Gasteiger partial charge on any atom is 0.241 e. The van der Waals surface area contributed by atoms with Gasteiger partial charge in [0.1, 0.15) is 5.54 Å². The van der Waals surface area contributed by atoms with Gasteiger partial charge in [-0.1, -0.05) is 41.4 Å². The van der Waals surface area contributed by atoms with E-state index in [0.29, 0.717) is 10.6 Å². The highest BCUT2D eigenvalue weighted by molar-refractivity contribution is 7.89. The van der Waals surface area contributed by atoms with Crippen LogP contribution in [0.1, 0.15) is 18.1 Å². The second-order valence-corrected chi connectivity index (χ2v) is 7.87. The first kappa shape index (κ1) is 18.4. The molecule has 0 saturated carbocycles. The summed E-state index contributed by atoms with van der Waals surface area (Å²) in [6.07, 6.45) is 0. The van der Waals surface area contributed by atoms with Gasteiger partial charge in [-0.15, -0.1) is 0 Å². The molecule has 0 fully saturated rings. The van der Waals surface area contributed by atoms with Crippen LogP contribution in [0.2, 0.25) is 5.02 Å². The summed E-state index contributed by atoms with van der Waals surface area (Å²) in [5.74, 6) is 0. The number of hydrogen-bond acceptors (Lipinski definition) is 4. The summed E-state index contributed by atoms with van der Waals surface area (Å²) in [5, 5.41) is 11.5. The zero-order chi connectivity index (χ0) is 18.0. The van der Waals surface area contributed by atoms with Gasteiger partial charge in [0.15, 0.2) is 0 Å². The first-order chi connectivity index (χ1) is 11.1. The Kier molecular flexibility index (Phi) is 5.27. The molecule has 6 nitrogen and oxygen atoms in total. The number of aryl methyl sites for hydroxylation is 1. The molecule has 0 radical (unpaired) electrons. The van der Waals surface area contributed by atoms with Crippen molar-refractivity contribution in [2.24, 2.45) is 0 Å². The lowest BCUT2D eigenvalue weighted by Crippen LogP contribution is -2.48. The highest BCUT2D eigenvalue weighted by atomic mass is 35.5. The average molecular weight is 369 g/mol. The fourth-order valence-electron chi connectivity index (χ4n) is 2.33. The van der Waals surface area contributed by atoms with E-state index < -0.39 is 27.0 Å². The Morgan fingerprint density at radius 1 is 1.12 bits per heavy atom. The van der Waals surface area contributed by atoms with E-state index in [1.54, 1.807) is 36.4 Å². The fraction of sp³-hybridized carbons (Fsp3) is 0.250. The molecule has 1 N–H and O–H groups in total. The summed E-state index contributed by atoms with van der Waals surface area (Å²) in [4.78, 5) is 10.6. The SMILES string of the molecule is Cc1ccc(S(=O)(=O)N[C@](C)(C[N+](=O)[O-])c2ccc(Cl)cc2)cc1. The summed E-state index contributed by atoms with van der Waals surface area (Å²) >= 11 is 5.84. The van der Waals surface area contributed by atoms with Crippen molar-refractivity contribution >= 4 is 21.6 Å². The molecule has 0 saturated heterocycles. The zero-order valence-electron chi connectivity index (χ0n) is 13.2. The number of benzene rings is 2. The number of halogens is 1. The molecule has 2 aromatic rings. The van der Waals surface area contributed by atoms with E-state index in [2.05, 4.69) is 4.72 Å². The van der Waals surface area contributed by atoms with Crippen LogP contribution >= 0.6 is 11.6 Å². The fourth-order valence-corrected chi connectivity index (χ4v) is 3.85. The molecule has 0 aliphatic carbocycles. The van der Waals surface area contributed by atoms with Crippen LogP contribution < -0.4 is 4.72 Å². The van der Waals surface area contributed by atoms with Crippen molar-refractivity contribution in [2.45, 2.75) is 24.3 Å². The van der Waals surface area contributed by atoms with Crippen molar-refractivity contribution in [3.05, 3.63) is 74.8 Å². The van der Waals surface area contributed by atoms with Gasteiger partial charge < -0.3 is 0 Å². The molecule has 0 amide bonds. The Bertz CT molecular complexity index is 835. The molecule has 2 aromatic carbocycles. The quantitative estimate of drug-likeness (QED) is 0.626. The molecule has 0 unspecified atom stereocenters. The maximum atomic E-state index is 12.6. The van der Waals surface area contributed by atoms with Gasteiger partial charge in [0.05, 0.1) is 4.90 Å². The molecule has 8 heteroatoms. The van der Waals surface area contributed by atoms with Crippen LogP contribution in [0.15, 0.2) is 53.4 Å². The molecular formula is C16H17ClN2O4S. The predicted molar refractivity (Wildman–Crippen MR) is 92.2 cm³/mol. The summed E-state index contributed by atoms with van der Waals surface area (Å²) in [7, 11) is -3.93. The molecule has 2 rings (SSSR count). The minimum atomic E-state index is -3.93. The molecule has 0 aliphatic heterocycles. The van der Waals surface area contributed by atoms with Crippen molar-refractivity contribution in [3.8, 4) is 0 Å². The van der Waals surface area contributed by atoms with E-state index in [1.807, 2.05) is 6.92 Å². The first-order valence-corrected chi connectivity index (χ1v) is 8.97. The third-order valence-corrected chi connectivity index (χ3v) is 5.48. The van der Waals surface area contributed by atoms with Gasteiger partial charge in [0, 0.05) is 9.95 Å². The number of hydrogen-bond donors (Lipinski definition) is 1. The maximum absolute atomic E-state index is 12.6. The minimum Gasteiger partial charge on any atom is -0.264 e. The van der Waals surface area contributed by atoms with Gasteiger partial charge >= 0.3 is 0 Å². The Balaban J connectivity index is 2.43. The summed E-state index contributed by atoms with van der Waals surface area (Å²) < 4.78 is 27.7. The topological polar surface area (TPSA) is 89.3 Å². The zero-order valence-corrected chi connectivity index (χ0v) is 14.8. The monoisotopic (exact) mass is 368 g/mol. The number of nitrogens with one attached hydrogen (secondary N) is 1. The van der Waals surface area contributed by atoms with Crippen LogP contribution in [0.5, 0.6) is 0 Å². The molecule has 0 heterocycles. The lowest BCUT2D eigenvalue weighted by molar-refractivity contribution is -0.490. The lowest BCUT2D eigenvalue weighted by atomic mass is 9.93. The first-order valence-electron chi connectivity index (χ1n) is 7.11. The molecule has 24 heavy (non-hydrogen) atoms. The minimum absolute atomic E-state index is 0.0524. The third kappa shape index (κ3) is 4.31. The molecular weight excluding hydrogens is 352 g/mol. The smallest absolute Gasteiger partial charge is 0.241 e. The van der Waals surface area contributed by atoms with Crippen molar-refractivity contribution in [1.29, 1.82) is 0 Å². The second kappa shape index (κ2) is 6.88. The van der Waals surface area contributed by atoms with Crippen LogP contribution in [0.3, 0.4) is 0 Å². The Morgan fingerprint density at radius 3 is 2.17 bits per heavy atom. The molecule has 0 aromatic heterocycles. The van der Waals surface area contributed by atoms with E-state index in [0.717, 1.165) is 5.56 Å². The number of nitrogens with zero attached hydrogens (tertiary/aromatic N) is 1. The van der Waals surface area contributed by atoms with E-state index in [-0.39, 0.29) is 4.90 Å². The van der Waals surface area contributed by atoms with Crippen molar-refractivity contribution in [1.82, 2.24) is 4.72 Å². The van der Waals surface area contributed by atoms with Crippen molar-refractivity contribution in [3.63, 3.8) is 0 Å². The van der Waals surface area contributed by atoms with E-state index in [9.17, 15) is 18.5 Å². The molecule has 0 spiro atoms. The van der Waals surface area contributed by atoms with E-state index in [1.165, 1.54) is 19.1 Å². The van der Waals surface area contributed by atoms with E-state index >= 15 is 0 Å². The Hall–Kier alpha value is -1.96. The summed E-state index contributed by atoms with van der Waals surface area (Å²) in [5.41, 5.74) is -0.0309. The number of rotatable bonds is 6. The standard InChI is InChI=1S/C16H17ClN2O4S/c1-12-3-9-15(10-4-12)24(22,23)18-16(2,11-19(20)21)13-5-7-14(17)8-6-13/h3-10,18H,11H2,1-2H3/t16-/m1/s1. The van der Waals surface area contributed by atoms with Gasteiger partial charge in [-0.3, -0.25) is 10.1 Å². The number of nitro groups is 1. The summed E-state index contributed by atoms with van der Waals surface area (Å²) in [6.45, 7) is 2.72. The Labute approximate surface area is 145 Å². The predicted octanol–water partition coefficient (Wildman–Crippen LogP) is 3.12. The Morgan fingerprint density at radius 2 is 1.67 bits per heavy atom. The van der Waals surface area contributed by atoms with Gasteiger partial charge in [0.25, 0.3) is 0 Å². The van der Waals surface area contributed by atoms with Crippen LogP contribution in [-0.4, -0.2) is 19.9 Å². The van der Waals surface area contributed by atoms with Gasteiger partial charge in [-0.05, 0) is 43.7 Å². The van der Waals surface area contributed by atoms with Gasteiger partial charge in [-0.2, -0.15) is 4.72 Å². The highest BCUT2D eigenvalue weighted by Gasteiger charge is 2.37. The van der Waals surface area contributed by atoms with Crippen molar-refractivity contribution < 1.29 is 13.3 Å². The van der Waals surface area contributed by atoms with Crippen LogP contribution in [-0.2, 0) is 15.6 Å². The van der Waals surface area contributed by atoms with Crippen LogP contribution in [0, 0.1) is 17.0 Å². The second-order valence-electron chi connectivity index (χ2n) is 5.75. The van der Waals surface area contributed by atoms with Crippen LogP contribution in [0.25, 0.3) is 0 Å². The van der Waals surface area contributed by atoms with Crippen LogP contribution in [0.4, 0.5) is 0 Å². The third-order valence-electron chi connectivity index (χ3n) is 3.62. The number of sulfonamides is 1. The lowest BCUT2D eigenvalue weighted by Gasteiger charge is -2.27. The molecule has 0 aliphatic rings. The van der Waals surface area contributed by atoms with Crippen molar-refractivity contribution in [2.75, 3.05) is 6.54 Å².